The minimum absolute atomic E-state index is 0.217. The number of rotatable bonds is 23. The number of nitrogens with zero attached hydrogens (tertiary/aromatic N) is 2. The van der Waals surface area contributed by atoms with Crippen LogP contribution in [-0.2, 0) is 10.0 Å². The van der Waals surface area contributed by atoms with E-state index < -0.39 is 10.0 Å². The summed E-state index contributed by atoms with van der Waals surface area (Å²) in [7, 11) is -3.77. The Kier molecular flexibility index (Phi) is 20.0. The second-order valence-electron chi connectivity index (χ2n) is 10.5. The fourth-order valence-electron chi connectivity index (χ4n) is 4.66. The third kappa shape index (κ3) is 16.5. The highest BCUT2D eigenvalue weighted by Gasteiger charge is 2.18. The van der Waals surface area contributed by atoms with Crippen LogP contribution in [0, 0.1) is 0 Å². The number of hydrogen-bond donors (Lipinski definition) is 0. The summed E-state index contributed by atoms with van der Waals surface area (Å²) in [6.45, 7) is 8.49. The van der Waals surface area contributed by atoms with Crippen LogP contribution in [0.4, 0.5) is 0 Å². The molecule has 0 saturated carbocycles. The molecule has 1 aromatic rings. The minimum atomic E-state index is -3.77. The fourth-order valence-corrected chi connectivity index (χ4v) is 5.85. The average molecular weight is 555 g/mol. The maximum Gasteiger partial charge on any atom is 0.283 e. The Balaban J connectivity index is 2.94. The Hall–Kier alpha value is -1.07. The van der Waals surface area contributed by atoms with E-state index in [0.29, 0.717) is 5.02 Å². The fraction of sp³-hybridized carbons (Fsp3) is 0.774. The van der Waals surface area contributed by atoms with E-state index in [0.717, 1.165) is 57.5 Å². The number of amidine groups is 1. The van der Waals surface area contributed by atoms with Crippen LogP contribution in [0.3, 0.4) is 0 Å². The predicted octanol–water partition coefficient (Wildman–Crippen LogP) is 10.2. The van der Waals surface area contributed by atoms with Crippen molar-refractivity contribution in [3.05, 3.63) is 29.3 Å². The van der Waals surface area contributed by atoms with Gasteiger partial charge in [-0.25, -0.2) is 0 Å². The molecule has 0 spiro atoms. The molecule has 1 aromatic carbocycles. The normalized spacial score (nSPS) is 12.3. The number of hydrogen-bond acceptors (Lipinski definition) is 2. The van der Waals surface area contributed by atoms with E-state index in [-0.39, 0.29) is 4.90 Å². The molecule has 0 heterocycles. The van der Waals surface area contributed by atoms with E-state index in [1.807, 2.05) is 0 Å². The van der Waals surface area contributed by atoms with Crippen LogP contribution < -0.4 is 0 Å². The summed E-state index contributed by atoms with van der Waals surface area (Å²) < 4.78 is 30.9. The summed E-state index contributed by atoms with van der Waals surface area (Å²) in [5.41, 5.74) is 0. The van der Waals surface area contributed by atoms with E-state index in [4.69, 9.17) is 11.6 Å². The summed E-state index contributed by atoms with van der Waals surface area (Å²) in [4.78, 5) is 2.52. The summed E-state index contributed by atoms with van der Waals surface area (Å²) in [5, 5.41) is 0.530. The first-order valence-corrected chi connectivity index (χ1v) is 17.1. The standard InChI is InChI=1S/C31H55ClN2O2S/c1-4-7-10-13-15-17-20-27-34(28-21-18-16-14-11-8-5-2)31(22-19-12-9-6-3)33-37(35,36)30-25-23-29(32)24-26-30/h23-26H,4-22,27-28H2,1-3H3. The van der Waals surface area contributed by atoms with Crippen LogP contribution in [-0.4, -0.2) is 32.2 Å². The van der Waals surface area contributed by atoms with Crippen LogP contribution >= 0.6 is 11.6 Å². The highest BCUT2D eigenvalue weighted by Crippen LogP contribution is 2.19. The lowest BCUT2D eigenvalue weighted by molar-refractivity contribution is 0.376. The van der Waals surface area contributed by atoms with E-state index >= 15 is 0 Å². The average Bonchev–Trinajstić information content (AvgIpc) is 2.88. The lowest BCUT2D eigenvalue weighted by Crippen LogP contribution is -2.34. The zero-order valence-electron chi connectivity index (χ0n) is 24.2. The Morgan fingerprint density at radius 3 is 1.51 bits per heavy atom. The molecule has 1 rings (SSSR count). The zero-order valence-corrected chi connectivity index (χ0v) is 25.7. The van der Waals surface area contributed by atoms with Gasteiger partial charge in [0.1, 0.15) is 5.84 Å². The molecule has 6 heteroatoms. The van der Waals surface area contributed by atoms with E-state index in [1.54, 1.807) is 24.3 Å². The van der Waals surface area contributed by atoms with Crippen molar-refractivity contribution >= 4 is 27.5 Å². The van der Waals surface area contributed by atoms with Crippen LogP contribution in [0.25, 0.3) is 0 Å². The van der Waals surface area contributed by atoms with Crippen molar-refractivity contribution in [1.29, 1.82) is 0 Å². The molecule has 0 radical (unpaired) electrons. The van der Waals surface area contributed by atoms with Crippen LogP contribution in [0.2, 0.25) is 5.02 Å². The van der Waals surface area contributed by atoms with Crippen molar-refractivity contribution in [1.82, 2.24) is 4.90 Å². The van der Waals surface area contributed by atoms with Crippen LogP contribution in [0.1, 0.15) is 143 Å². The van der Waals surface area contributed by atoms with Crippen LogP contribution in [0.5, 0.6) is 0 Å². The second-order valence-corrected chi connectivity index (χ2v) is 12.5. The lowest BCUT2D eigenvalue weighted by atomic mass is 10.1. The largest absolute Gasteiger partial charge is 0.359 e. The van der Waals surface area contributed by atoms with Gasteiger partial charge in [0.05, 0.1) is 4.90 Å². The van der Waals surface area contributed by atoms with Crippen molar-refractivity contribution in [2.75, 3.05) is 13.1 Å². The second kappa shape index (κ2) is 21.8. The molecule has 0 saturated heterocycles. The van der Waals surface area contributed by atoms with Gasteiger partial charge in [-0.05, 0) is 43.5 Å². The van der Waals surface area contributed by atoms with Gasteiger partial charge in [0.2, 0.25) is 0 Å². The maximum absolute atomic E-state index is 13.2. The highest BCUT2D eigenvalue weighted by molar-refractivity contribution is 7.90. The van der Waals surface area contributed by atoms with Gasteiger partial charge in [-0.1, -0.05) is 129 Å². The Labute approximate surface area is 234 Å². The molecule has 0 aliphatic heterocycles. The molecule has 0 aliphatic carbocycles. The maximum atomic E-state index is 13.2. The summed E-state index contributed by atoms with van der Waals surface area (Å²) >= 11 is 6.00. The smallest absolute Gasteiger partial charge is 0.283 e. The van der Waals surface area contributed by atoms with E-state index in [9.17, 15) is 8.42 Å². The highest BCUT2D eigenvalue weighted by atomic mass is 35.5. The molecule has 0 atom stereocenters. The molecule has 0 unspecified atom stereocenters. The molecule has 0 fully saturated rings. The minimum Gasteiger partial charge on any atom is -0.359 e. The number of sulfonamides is 1. The van der Waals surface area contributed by atoms with Gasteiger partial charge in [0.15, 0.2) is 0 Å². The van der Waals surface area contributed by atoms with Gasteiger partial charge in [-0.15, -0.1) is 4.40 Å². The zero-order chi connectivity index (χ0) is 27.2. The van der Waals surface area contributed by atoms with Gasteiger partial charge < -0.3 is 4.90 Å². The molecule has 0 N–H and O–H groups in total. The van der Waals surface area contributed by atoms with Crippen molar-refractivity contribution in [2.45, 2.75) is 148 Å². The SMILES string of the molecule is CCCCCCCCCN(CCCCCCCCC)C(CCCCCC)=NS(=O)(=O)c1ccc(Cl)cc1. The van der Waals surface area contributed by atoms with Gasteiger partial charge in [0.25, 0.3) is 10.0 Å². The molecule has 214 valence electrons. The van der Waals surface area contributed by atoms with Gasteiger partial charge in [0, 0.05) is 24.5 Å². The quantitative estimate of drug-likeness (QED) is 0.0767. The summed E-state index contributed by atoms with van der Waals surface area (Å²) in [6.07, 6.45) is 22.7. The van der Waals surface area contributed by atoms with Gasteiger partial charge in [-0.3, -0.25) is 0 Å². The summed E-state index contributed by atoms with van der Waals surface area (Å²) in [6, 6.07) is 6.37. The van der Waals surface area contributed by atoms with Gasteiger partial charge >= 0.3 is 0 Å². The first-order valence-electron chi connectivity index (χ1n) is 15.3. The molecule has 4 nitrogen and oxygen atoms in total. The molecule has 0 aromatic heterocycles. The molecular formula is C31H55ClN2O2S. The van der Waals surface area contributed by atoms with E-state index in [1.165, 1.54) is 83.5 Å². The molecule has 0 aliphatic rings. The number of unbranched alkanes of at least 4 members (excludes halogenated alkanes) is 15. The lowest BCUT2D eigenvalue weighted by Gasteiger charge is -2.26. The van der Waals surface area contributed by atoms with Crippen molar-refractivity contribution < 1.29 is 8.42 Å². The number of halogens is 1. The first kappa shape index (κ1) is 34.0. The van der Waals surface area contributed by atoms with E-state index in [2.05, 4.69) is 30.1 Å². The first-order chi connectivity index (χ1) is 17.9. The third-order valence-electron chi connectivity index (χ3n) is 7.02. The Morgan fingerprint density at radius 1 is 0.649 bits per heavy atom. The molecule has 0 bridgehead atoms. The van der Waals surface area contributed by atoms with Gasteiger partial charge in [-0.2, -0.15) is 8.42 Å². The molecule has 0 amide bonds. The molecule has 37 heavy (non-hydrogen) atoms. The van der Waals surface area contributed by atoms with Crippen LogP contribution in [0.15, 0.2) is 33.6 Å². The van der Waals surface area contributed by atoms with Crippen molar-refractivity contribution in [3.8, 4) is 0 Å². The topological polar surface area (TPSA) is 49.7 Å². The Morgan fingerprint density at radius 2 is 1.05 bits per heavy atom. The predicted molar refractivity (Wildman–Crippen MR) is 162 cm³/mol. The monoisotopic (exact) mass is 554 g/mol. The Bertz CT molecular complexity index is 791. The van der Waals surface area contributed by atoms with Crippen molar-refractivity contribution in [2.24, 2.45) is 4.40 Å². The molecular weight excluding hydrogens is 500 g/mol. The van der Waals surface area contributed by atoms with Crippen molar-refractivity contribution in [3.63, 3.8) is 0 Å². The third-order valence-corrected chi connectivity index (χ3v) is 8.59. The number of benzene rings is 1. The summed E-state index contributed by atoms with van der Waals surface area (Å²) in [5.74, 6) is 0.753.